The summed E-state index contributed by atoms with van der Waals surface area (Å²) in [5.74, 6) is 0.494. The minimum atomic E-state index is -2.29. The Morgan fingerprint density at radius 3 is 2.25 bits per heavy atom. The van der Waals surface area contributed by atoms with E-state index in [1.54, 1.807) is 12.1 Å². The van der Waals surface area contributed by atoms with Gasteiger partial charge in [-0.1, -0.05) is 20.7 Å². The third kappa shape index (κ3) is 3.04. The molecule has 0 bridgehead atoms. The van der Waals surface area contributed by atoms with Crippen LogP contribution in [0.1, 0.15) is 0 Å². The maximum Gasteiger partial charge on any atom is 0.391 e. The molecule has 5 heteroatoms. The molecule has 0 aromatic heterocycles. The van der Waals surface area contributed by atoms with E-state index < -0.39 is 8.60 Å². The van der Waals surface area contributed by atoms with E-state index >= 15 is 0 Å². The molecule has 1 aromatic rings. The Morgan fingerprint density at radius 2 is 1.83 bits per heavy atom. The minimum Gasteiger partial charge on any atom is -0.427 e. The van der Waals surface area contributed by atoms with Crippen LogP contribution in [0.5, 0.6) is 5.75 Å². The van der Waals surface area contributed by atoms with Crippen LogP contribution in [0, 0.1) is 0 Å². The molecule has 0 aliphatic heterocycles. The molecule has 0 fully saturated rings. The molecule has 0 radical (unpaired) electrons. The van der Waals surface area contributed by atoms with Crippen molar-refractivity contribution in [3.63, 3.8) is 0 Å². The van der Waals surface area contributed by atoms with Gasteiger partial charge in [-0.3, -0.25) is 0 Å². The van der Waals surface area contributed by atoms with Crippen LogP contribution in [-0.2, 0) is 0 Å². The van der Waals surface area contributed by atoms with Crippen LogP contribution in [-0.4, -0.2) is 16.5 Å². The summed E-state index contributed by atoms with van der Waals surface area (Å²) in [5, 5.41) is 1.22. The molecule has 0 aliphatic rings. The van der Waals surface area contributed by atoms with Crippen molar-refractivity contribution in [1.29, 1.82) is 0 Å². The first-order valence-corrected chi connectivity index (χ1v) is 6.02. The van der Waals surface area contributed by atoms with Crippen LogP contribution in [0.25, 0.3) is 0 Å². The molecule has 0 saturated heterocycles. The first kappa shape index (κ1) is 9.88. The number of benzene rings is 1. The first-order chi connectivity index (χ1) is 5.72. The second-order valence-corrected chi connectivity index (χ2v) is 3.88. The van der Waals surface area contributed by atoms with Crippen molar-refractivity contribution in [2.24, 2.45) is 0 Å². The molecule has 0 saturated carbocycles. The fourth-order valence-electron chi connectivity index (χ4n) is 0.777. The van der Waals surface area contributed by atoms with Gasteiger partial charge >= 0.3 is 8.60 Å². The van der Waals surface area contributed by atoms with Crippen LogP contribution in [0.3, 0.4) is 0 Å². The lowest BCUT2D eigenvalue weighted by Crippen LogP contribution is -1.92. The van der Waals surface area contributed by atoms with Crippen LogP contribution in [0.15, 0.2) is 24.3 Å². The largest absolute Gasteiger partial charge is 0.427 e. The molecule has 1 aromatic carbocycles. The highest BCUT2D eigenvalue weighted by molar-refractivity contribution is 7.46. The third-order valence-electron chi connectivity index (χ3n) is 1.33. The monoisotopic (exact) mass is 204 g/mol. The van der Waals surface area contributed by atoms with E-state index in [-0.39, 0.29) is 0 Å². The van der Waals surface area contributed by atoms with E-state index in [9.17, 15) is 0 Å². The SMILES string of the molecule is CPc1ccc(OP(O)O)cc1. The normalized spacial score (nSPS) is 11.3. The van der Waals surface area contributed by atoms with E-state index in [1.165, 1.54) is 5.30 Å². The van der Waals surface area contributed by atoms with Crippen LogP contribution in [0.2, 0.25) is 0 Å². The minimum absolute atomic E-state index is 0.494. The molecular formula is C7H10O3P2. The van der Waals surface area contributed by atoms with E-state index in [2.05, 4.69) is 6.66 Å². The van der Waals surface area contributed by atoms with Gasteiger partial charge in [0.05, 0.1) is 0 Å². The fourth-order valence-corrected chi connectivity index (χ4v) is 1.59. The molecular weight excluding hydrogens is 194 g/mol. The van der Waals surface area contributed by atoms with Gasteiger partial charge < -0.3 is 14.3 Å². The summed E-state index contributed by atoms with van der Waals surface area (Å²) in [7, 11) is -1.54. The van der Waals surface area contributed by atoms with Crippen molar-refractivity contribution in [3.8, 4) is 5.75 Å². The molecule has 0 aliphatic carbocycles. The summed E-state index contributed by atoms with van der Waals surface area (Å²) in [6.45, 7) is 2.08. The molecule has 3 nitrogen and oxygen atoms in total. The lowest BCUT2D eigenvalue weighted by Gasteiger charge is -2.05. The molecule has 0 spiro atoms. The Hall–Kier alpha value is -0.200. The molecule has 2 N–H and O–H groups in total. The summed E-state index contributed by atoms with van der Waals surface area (Å²) in [5.41, 5.74) is 0. The smallest absolute Gasteiger partial charge is 0.391 e. The van der Waals surface area contributed by atoms with E-state index in [0.717, 1.165) is 8.58 Å². The molecule has 66 valence electrons. The van der Waals surface area contributed by atoms with Crippen molar-refractivity contribution in [1.82, 2.24) is 0 Å². The summed E-state index contributed by atoms with van der Waals surface area (Å²) in [4.78, 5) is 17.1. The highest BCUT2D eigenvalue weighted by Crippen LogP contribution is 2.28. The van der Waals surface area contributed by atoms with Gasteiger partial charge in [0.2, 0.25) is 0 Å². The lowest BCUT2D eigenvalue weighted by atomic mass is 10.3. The summed E-state index contributed by atoms with van der Waals surface area (Å²) >= 11 is 0. The predicted molar refractivity (Wildman–Crippen MR) is 52.3 cm³/mol. The quantitative estimate of drug-likeness (QED) is 0.727. The van der Waals surface area contributed by atoms with E-state index in [0.29, 0.717) is 5.75 Å². The number of hydrogen-bond acceptors (Lipinski definition) is 3. The van der Waals surface area contributed by atoms with Crippen molar-refractivity contribution in [3.05, 3.63) is 24.3 Å². The number of hydrogen-bond donors (Lipinski definition) is 2. The van der Waals surface area contributed by atoms with Crippen molar-refractivity contribution < 1.29 is 14.3 Å². The Kier molecular flexibility index (Phi) is 3.90. The Morgan fingerprint density at radius 1 is 1.25 bits per heavy atom. The average Bonchev–Trinajstić information content (AvgIpc) is 2.05. The summed E-state index contributed by atoms with van der Waals surface area (Å²) < 4.78 is 4.69. The second-order valence-electron chi connectivity index (χ2n) is 2.12. The highest BCUT2D eigenvalue weighted by Gasteiger charge is 2.01. The molecule has 0 amide bonds. The topological polar surface area (TPSA) is 49.7 Å². The van der Waals surface area contributed by atoms with Gasteiger partial charge in [0, 0.05) is 0 Å². The van der Waals surface area contributed by atoms with Gasteiger partial charge in [0.15, 0.2) is 0 Å². The van der Waals surface area contributed by atoms with E-state index in [4.69, 9.17) is 14.3 Å². The second kappa shape index (κ2) is 4.74. The standard InChI is InChI=1S/C7H10O3P2/c1-11-7-4-2-6(3-5-7)10-12(8)9/h2-5,8-9,11H,1H3. The molecule has 1 atom stereocenters. The molecule has 0 heterocycles. The third-order valence-corrected chi connectivity index (χ3v) is 2.61. The van der Waals surface area contributed by atoms with Crippen molar-refractivity contribution >= 4 is 22.5 Å². The lowest BCUT2D eigenvalue weighted by molar-refractivity contribution is 0.375. The Balaban J connectivity index is 2.65. The zero-order valence-electron chi connectivity index (χ0n) is 6.56. The van der Waals surface area contributed by atoms with Gasteiger partial charge in [-0.2, -0.15) is 0 Å². The maximum atomic E-state index is 8.53. The molecule has 1 unspecified atom stereocenters. The predicted octanol–water partition coefficient (Wildman–Crippen LogP) is 1.21. The highest BCUT2D eigenvalue weighted by atomic mass is 31.2. The van der Waals surface area contributed by atoms with Gasteiger partial charge in [-0.25, -0.2) is 0 Å². The van der Waals surface area contributed by atoms with Crippen LogP contribution in [0.4, 0.5) is 0 Å². The Bertz CT molecular complexity index is 235. The zero-order chi connectivity index (χ0) is 8.97. The van der Waals surface area contributed by atoms with Gasteiger partial charge in [0.1, 0.15) is 5.75 Å². The maximum absolute atomic E-state index is 8.53. The van der Waals surface area contributed by atoms with Gasteiger partial charge in [-0.15, -0.1) is 0 Å². The zero-order valence-corrected chi connectivity index (χ0v) is 8.45. The van der Waals surface area contributed by atoms with E-state index in [1.807, 2.05) is 12.1 Å². The summed E-state index contributed by atoms with van der Waals surface area (Å²) in [6.07, 6.45) is 0. The van der Waals surface area contributed by atoms with Crippen molar-refractivity contribution in [2.75, 3.05) is 6.66 Å². The van der Waals surface area contributed by atoms with Gasteiger partial charge in [-0.05, 0) is 24.1 Å². The first-order valence-electron chi connectivity index (χ1n) is 3.36. The molecule has 12 heavy (non-hydrogen) atoms. The Labute approximate surface area is 74.2 Å². The van der Waals surface area contributed by atoms with Crippen LogP contribution >= 0.6 is 17.2 Å². The van der Waals surface area contributed by atoms with Gasteiger partial charge in [0.25, 0.3) is 0 Å². The number of rotatable bonds is 3. The average molecular weight is 204 g/mol. The molecule has 1 rings (SSSR count). The van der Waals surface area contributed by atoms with Crippen LogP contribution < -0.4 is 9.83 Å². The fraction of sp³-hybridized carbons (Fsp3) is 0.143. The summed E-state index contributed by atoms with van der Waals surface area (Å²) in [6, 6.07) is 7.28. The van der Waals surface area contributed by atoms with Crippen molar-refractivity contribution in [2.45, 2.75) is 0 Å².